The Hall–Kier alpha value is -0.290. The average Bonchev–Trinajstić information content (AvgIpc) is 2.46. The van der Waals surface area contributed by atoms with Gasteiger partial charge in [0.25, 0.3) is 0 Å². The van der Waals surface area contributed by atoms with E-state index in [4.69, 9.17) is 0 Å². The molecule has 3 atom stereocenters. The van der Waals surface area contributed by atoms with Gasteiger partial charge in [-0.25, -0.2) is 0 Å². The van der Waals surface area contributed by atoms with E-state index in [1.807, 2.05) is 0 Å². The lowest BCUT2D eigenvalue weighted by atomic mass is 9.85. The lowest BCUT2D eigenvalue weighted by molar-refractivity contribution is -0.183. The Bertz CT molecular complexity index is 300. The average molecular weight is 306 g/mol. The molecule has 1 saturated carbocycles. The van der Waals surface area contributed by atoms with Crippen LogP contribution in [0.1, 0.15) is 51.9 Å². The van der Waals surface area contributed by atoms with Crippen LogP contribution in [0.5, 0.6) is 0 Å². The van der Waals surface area contributed by atoms with Crippen LogP contribution in [0.3, 0.4) is 0 Å². The van der Waals surface area contributed by atoms with E-state index in [0.29, 0.717) is 18.8 Å². The monoisotopic (exact) mass is 306 g/mol. The van der Waals surface area contributed by atoms with Crippen molar-refractivity contribution in [1.29, 1.82) is 0 Å². The fourth-order valence-electron chi connectivity index (χ4n) is 3.69. The molecule has 1 heterocycles. The summed E-state index contributed by atoms with van der Waals surface area (Å²) in [5.41, 5.74) is 0. The molecule has 1 saturated heterocycles. The minimum atomic E-state index is -4.01. The van der Waals surface area contributed by atoms with E-state index < -0.39 is 12.1 Å². The second kappa shape index (κ2) is 7.82. The zero-order chi connectivity index (χ0) is 15.3. The zero-order valence-corrected chi connectivity index (χ0v) is 13.1. The summed E-state index contributed by atoms with van der Waals surface area (Å²) < 4.78 is 38.4. The Morgan fingerprint density at radius 3 is 2.48 bits per heavy atom. The summed E-state index contributed by atoms with van der Waals surface area (Å²) in [4.78, 5) is 2.50. The van der Waals surface area contributed by atoms with Crippen LogP contribution in [-0.2, 0) is 0 Å². The zero-order valence-electron chi connectivity index (χ0n) is 13.1. The molecule has 2 fully saturated rings. The van der Waals surface area contributed by atoms with Gasteiger partial charge in [0.05, 0.1) is 5.92 Å². The lowest BCUT2D eigenvalue weighted by Crippen LogP contribution is -2.42. The number of nitrogens with one attached hydrogen (secondary N) is 1. The predicted octanol–water partition coefficient (Wildman–Crippen LogP) is 3.82. The van der Waals surface area contributed by atoms with Gasteiger partial charge in [-0.3, -0.25) is 0 Å². The Morgan fingerprint density at radius 1 is 1.10 bits per heavy atom. The quantitative estimate of drug-likeness (QED) is 0.830. The van der Waals surface area contributed by atoms with E-state index in [9.17, 15) is 13.2 Å². The van der Waals surface area contributed by atoms with E-state index in [0.717, 1.165) is 19.5 Å². The minimum absolute atomic E-state index is 0.0502. The first-order valence-corrected chi connectivity index (χ1v) is 8.47. The number of rotatable bonds is 5. The maximum absolute atomic E-state index is 12.8. The maximum atomic E-state index is 12.8. The molecule has 0 aromatic heterocycles. The SMILES string of the molecule is CC(CNC1CCCC(C(F)(F)F)C1)CN1CCCCC1. The molecule has 0 spiro atoms. The first kappa shape index (κ1) is 17.1. The van der Waals surface area contributed by atoms with Gasteiger partial charge >= 0.3 is 6.18 Å². The summed E-state index contributed by atoms with van der Waals surface area (Å²) >= 11 is 0. The van der Waals surface area contributed by atoms with Crippen LogP contribution in [0.25, 0.3) is 0 Å². The van der Waals surface area contributed by atoms with Gasteiger partial charge in [-0.05, 0) is 57.7 Å². The van der Waals surface area contributed by atoms with E-state index in [-0.39, 0.29) is 12.5 Å². The van der Waals surface area contributed by atoms with Gasteiger partial charge in [-0.2, -0.15) is 13.2 Å². The number of piperidine rings is 1. The van der Waals surface area contributed by atoms with Crippen LogP contribution in [-0.4, -0.2) is 43.3 Å². The number of halogens is 3. The summed E-state index contributed by atoms with van der Waals surface area (Å²) in [6, 6.07) is 0.0502. The van der Waals surface area contributed by atoms with E-state index in [1.54, 1.807) is 0 Å². The molecule has 1 aliphatic carbocycles. The highest BCUT2D eigenvalue weighted by Gasteiger charge is 2.42. The molecule has 21 heavy (non-hydrogen) atoms. The van der Waals surface area contributed by atoms with Crippen LogP contribution in [0.2, 0.25) is 0 Å². The molecule has 0 aromatic carbocycles. The third-order valence-corrected chi connectivity index (χ3v) is 4.91. The van der Waals surface area contributed by atoms with Crippen LogP contribution >= 0.6 is 0 Å². The third-order valence-electron chi connectivity index (χ3n) is 4.91. The van der Waals surface area contributed by atoms with Crippen LogP contribution in [0.15, 0.2) is 0 Å². The molecular weight excluding hydrogens is 277 g/mol. The molecule has 0 bridgehead atoms. The van der Waals surface area contributed by atoms with Crippen LogP contribution in [0.4, 0.5) is 13.2 Å². The molecule has 1 aliphatic heterocycles. The molecule has 124 valence electrons. The Kier molecular flexibility index (Phi) is 6.35. The van der Waals surface area contributed by atoms with Gasteiger partial charge in [0.2, 0.25) is 0 Å². The third kappa shape index (κ3) is 5.78. The fraction of sp³-hybridized carbons (Fsp3) is 1.00. The Labute approximate surface area is 126 Å². The van der Waals surface area contributed by atoms with Gasteiger partial charge in [0.1, 0.15) is 0 Å². The van der Waals surface area contributed by atoms with Gasteiger partial charge < -0.3 is 10.2 Å². The number of likely N-dealkylation sites (tertiary alicyclic amines) is 1. The molecule has 3 unspecified atom stereocenters. The molecular formula is C16H29F3N2. The second-order valence-electron chi connectivity index (χ2n) is 6.98. The van der Waals surface area contributed by atoms with Crippen molar-refractivity contribution in [2.45, 2.75) is 64.1 Å². The Morgan fingerprint density at radius 2 is 1.81 bits per heavy atom. The van der Waals surface area contributed by atoms with Gasteiger partial charge in [-0.1, -0.05) is 19.8 Å². The van der Waals surface area contributed by atoms with Crippen molar-refractivity contribution in [2.24, 2.45) is 11.8 Å². The lowest BCUT2D eigenvalue weighted by Gasteiger charge is -2.33. The summed E-state index contributed by atoms with van der Waals surface area (Å²) in [5.74, 6) is -0.587. The number of nitrogens with zero attached hydrogens (tertiary/aromatic N) is 1. The molecule has 0 aromatic rings. The maximum Gasteiger partial charge on any atom is 0.391 e. The smallest absolute Gasteiger partial charge is 0.314 e. The molecule has 0 radical (unpaired) electrons. The topological polar surface area (TPSA) is 15.3 Å². The van der Waals surface area contributed by atoms with Crippen molar-refractivity contribution >= 4 is 0 Å². The van der Waals surface area contributed by atoms with Crippen molar-refractivity contribution in [3.63, 3.8) is 0 Å². The molecule has 1 N–H and O–H groups in total. The summed E-state index contributed by atoms with van der Waals surface area (Å²) in [7, 11) is 0. The Balaban J connectivity index is 1.67. The van der Waals surface area contributed by atoms with Crippen LogP contribution in [0, 0.1) is 11.8 Å². The van der Waals surface area contributed by atoms with Crippen molar-refractivity contribution in [1.82, 2.24) is 10.2 Å². The number of hydrogen-bond acceptors (Lipinski definition) is 2. The predicted molar refractivity (Wildman–Crippen MR) is 79.3 cm³/mol. The highest BCUT2D eigenvalue weighted by atomic mass is 19.4. The number of alkyl halides is 3. The highest BCUT2D eigenvalue weighted by Crippen LogP contribution is 2.37. The van der Waals surface area contributed by atoms with E-state index in [1.165, 1.54) is 32.4 Å². The van der Waals surface area contributed by atoms with E-state index >= 15 is 0 Å². The summed E-state index contributed by atoms with van der Waals surface area (Å²) in [5, 5.41) is 3.39. The molecule has 2 rings (SSSR count). The van der Waals surface area contributed by atoms with Gasteiger partial charge in [0.15, 0.2) is 0 Å². The standard InChI is InChI=1S/C16H29F3N2/c1-13(12-21-8-3-2-4-9-21)11-20-15-7-5-6-14(10-15)16(17,18)19/h13-15,20H,2-12H2,1H3. The molecule has 0 amide bonds. The second-order valence-corrected chi connectivity index (χ2v) is 6.98. The van der Waals surface area contributed by atoms with Crippen LogP contribution < -0.4 is 5.32 Å². The van der Waals surface area contributed by atoms with Crippen molar-refractivity contribution in [3.05, 3.63) is 0 Å². The van der Waals surface area contributed by atoms with Crippen molar-refractivity contribution < 1.29 is 13.2 Å². The molecule has 2 aliphatic rings. The van der Waals surface area contributed by atoms with Crippen molar-refractivity contribution in [2.75, 3.05) is 26.2 Å². The fourth-order valence-corrected chi connectivity index (χ4v) is 3.69. The number of hydrogen-bond donors (Lipinski definition) is 1. The first-order valence-electron chi connectivity index (χ1n) is 8.47. The minimum Gasteiger partial charge on any atom is -0.314 e. The molecule has 2 nitrogen and oxygen atoms in total. The van der Waals surface area contributed by atoms with E-state index in [2.05, 4.69) is 17.1 Å². The van der Waals surface area contributed by atoms with Gasteiger partial charge in [0, 0.05) is 12.6 Å². The largest absolute Gasteiger partial charge is 0.391 e. The van der Waals surface area contributed by atoms with Crippen molar-refractivity contribution in [3.8, 4) is 0 Å². The highest BCUT2D eigenvalue weighted by molar-refractivity contribution is 4.82. The first-order chi connectivity index (χ1) is 9.95. The summed E-state index contributed by atoms with van der Waals surface area (Å²) in [6.07, 6.45) is 2.06. The molecule has 5 heteroatoms. The normalized spacial score (nSPS) is 30.3. The van der Waals surface area contributed by atoms with Gasteiger partial charge in [-0.15, -0.1) is 0 Å². The summed E-state index contributed by atoms with van der Waals surface area (Å²) in [6.45, 7) is 6.48.